The van der Waals surface area contributed by atoms with E-state index in [2.05, 4.69) is 4.98 Å². The summed E-state index contributed by atoms with van der Waals surface area (Å²) in [6.45, 7) is 1.21. The molecule has 0 spiro atoms. The molecule has 0 aliphatic heterocycles. The maximum Gasteiger partial charge on any atom is 0.358 e. The fourth-order valence-electron chi connectivity index (χ4n) is 2.15. The van der Waals surface area contributed by atoms with E-state index in [9.17, 15) is 27.5 Å². The highest BCUT2D eigenvalue weighted by Crippen LogP contribution is 2.40. The third-order valence-corrected chi connectivity index (χ3v) is 4.49. The van der Waals surface area contributed by atoms with E-state index in [4.69, 9.17) is 9.47 Å². The summed E-state index contributed by atoms with van der Waals surface area (Å²) in [6, 6.07) is 6.36. The Hall–Kier alpha value is -2.62. The zero-order chi connectivity index (χ0) is 20.2. The van der Waals surface area contributed by atoms with Crippen molar-refractivity contribution in [1.82, 2.24) is 4.98 Å². The van der Waals surface area contributed by atoms with Gasteiger partial charge in [0, 0.05) is 0 Å². The Morgan fingerprint density at radius 2 is 2.04 bits per heavy atom. The maximum absolute atomic E-state index is 13.4. The monoisotopic (exact) mass is 405 g/mol. The molecule has 0 fully saturated rings. The van der Waals surface area contributed by atoms with Gasteiger partial charge in [-0.25, -0.2) is 13.6 Å². The van der Waals surface area contributed by atoms with Gasteiger partial charge in [-0.05, 0) is 18.1 Å². The number of aliphatic carboxylic acids is 1. The van der Waals surface area contributed by atoms with E-state index in [-0.39, 0.29) is 22.9 Å². The third kappa shape index (κ3) is 4.57. The van der Waals surface area contributed by atoms with Crippen molar-refractivity contribution in [2.45, 2.75) is 25.9 Å². The first-order valence-corrected chi connectivity index (χ1v) is 8.31. The van der Waals surface area contributed by atoms with Crippen LogP contribution in [0.5, 0.6) is 5.88 Å². The Bertz CT molecular complexity index is 851. The molecule has 0 amide bonds. The predicted molar refractivity (Wildman–Crippen MR) is 90.1 cm³/mol. The van der Waals surface area contributed by atoms with Gasteiger partial charge in [0.1, 0.15) is 12.2 Å². The van der Waals surface area contributed by atoms with Crippen molar-refractivity contribution in [3.63, 3.8) is 0 Å². The zero-order valence-electron chi connectivity index (χ0n) is 14.2. The number of aryl methyl sites for hydroxylation is 1. The highest BCUT2D eigenvalue weighted by molar-refractivity contribution is 7.12. The van der Waals surface area contributed by atoms with Crippen LogP contribution in [0.4, 0.5) is 17.6 Å². The number of carboxylic acid groups (broad SMARTS) is 1. The summed E-state index contributed by atoms with van der Waals surface area (Å²) in [5, 5.41) is 8.26. The van der Waals surface area contributed by atoms with Crippen LogP contribution in [0.3, 0.4) is 0 Å². The number of alkyl halides is 4. The molecule has 0 saturated carbocycles. The van der Waals surface area contributed by atoms with Gasteiger partial charge in [0.15, 0.2) is 5.01 Å². The van der Waals surface area contributed by atoms with Crippen molar-refractivity contribution in [1.29, 1.82) is 0 Å². The topological polar surface area (TPSA) is 68.7 Å². The SMILES string of the molecule is CO/C=C(/C(=O)O)c1ccccc1COc1nc(C(F)(F)C(F)F)sc1C. The number of thiazole rings is 1. The minimum atomic E-state index is -4.37. The first-order valence-electron chi connectivity index (χ1n) is 7.49. The van der Waals surface area contributed by atoms with Gasteiger partial charge in [0.05, 0.1) is 18.2 Å². The van der Waals surface area contributed by atoms with Crippen molar-refractivity contribution < 1.29 is 36.9 Å². The van der Waals surface area contributed by atoms with Crippen LogP contribution in [-0.2, 0) is 22.1 Å². The van der Waals surface area contributed by atoms with Crippen molar-refractivity contribution >= 4 is 22.9 Å². The molecule has 0 atom stereocenters. The van der Waals surface area contributed by atoms with Crippen LogP contribution in [0.15, 0.2) is 30.5 Å². The Morgan fingerprint density at radius 3 is 2.63 bits per heavy atom. The normalized spacial score (nSPS) is 12.3. The number of aromatic nitrogens is 1. The summed E-state index contributed by atoms with van der Waals surface area (Å²) in [6.07, 6.45) is -2.83. The second kappa shape index (κ2) is 8.38. The first kappa shape index (κ1) is 20.7. The van der Waals surface area contributed by atoms with Crippen LogP contribution in [0.2, 0.25) is 0 Å². The average Bonchev–Trinajstić information content (AvgIpc) is 2.99. The lowest BCUT2D eigenvalue weighted by Crippen LogP contribution is -2.23. The summed E-state index contributed by atoms with van der Waals surface area (Å²) in [4.78, 5) is 15.1. The van der Waals surface area contributed by atoms with Crippen LogP contribution in [0.25, 0.3) is 5.57 Å². The van der Waals surface area contributed by atoms with Gasteiger partial charge < -0.3 is 14.6 Å². The molecule has 1 N–H and O–H groups in total. The number of methoxy groups -OCH3 is 1. The van der Waals surface area contributed by atoms with Crippen LogP contribution in [-0.4, -0.2) is 29.6 Å². The molecule has 1 heterocycles. The number of nitrogens with zero attached hydrogens (tertiary/aromatic N) is 1. The van der Waals surface area contributed by atoms with Crippen molar-refractivity contribution in [2.24, 2.45) is 0 Å². The van der Waals surface area contributed by atoms with E-state index in [0.29, 0.717) is 22.5 Å². The number of halogens is 4. The molecule has 0 radical (unpaired) electrons. The molecule has 5 nitrogen and oxygen atoms in total. The van der Waals surface area contributed by atoms with Crippen LogP contribution >= 0.6 is 11.3 Å². The van der Waals surface area contributed by atoms with Gasteiger partial charge in [-0.15, -0.1) is 11.3 Å². The molecule has 27 heavy (non-hydrogen) atoms. The largest absolute Gasteiger partial charge is 0.503 e. The quantitative estimate of drug-likeness (QED) is 0.399. The fourth-order valence-corrected chi connectivity index (χ4v) is 2.99. The van der Waals surface area contributed by atoms with Crippen LogP contribution in [0.1, 0.15) is 21.0 Å². The Labute approximate surface area is 155 Å². The molecule has 10 heteroatoms. The van der Waals surface area contributed by atoms with Crippen LogP contribution in [0, 0.1) is 6.92 Å². The predicted octanol–water partition coefficient (Wildman–Crippen LogP) is 4.46. The molecular formula is C17H15F4NO4S. The average molecular weight is 405 g/mol. The molecule has 2 rings (SSSR count). The van der Waals surface area contributed by atoms with E-state index in [0.717, 1.165) is 6.26 Å². The highest BCUT2D eigenvalue weighted by Gasteiger charge is 2.46. The Morgan fingerprint density at radius 1 is 1.37 bits per heavy atom. The molecule has 0 aliphatic carbocycles. The number of carboxylic acids is 1. The van der Waals surface area contributed by atoms with Gasteiger partial charge in [0.2, 0.25) is 5.88 Å². The second-order valence-electron chi connectivity index (χ2n) is 5.32. The Kier molecular flexibility index (Phi) is 6.42. The number of carbonyl (C=O) groups is 1. The summed E-state index contributed by atoms with van der Waals surface area (Å²) < 4.78 is 62.0. The lowest BCUT2D eigenvalue weighted by atomic mass is 10.0. The third-order valence-electron chi connectivity index (χ3n) is 3.45. The van der Waals surface area contributed by atoms with Gasteiger partial charge in [-0.1, -0.05) is 24.3 Å². The fraction of sp³-hybridized carbons (Fsp3) is 0.294. The zero-order valence-corrected chi connectivity index (χ0v) is 15.0. The van der Waals surface area contributed by atoms with Gasteiger partial charge in [-0.2, -0.15) is 13.8 Å². The van der Waals surface area contributed by atoms with E-state index < -0.39 is 23.3 Å². The first-order chi connectivity index (χ1) is 12.7. The summed E-state index contributed by atoms with van der Waals surface area (Å²) >= 11 is 0.417. The van der Waals surface area contributed by atoms with Crippen molar-refractivity contribution in [2.75, 3.05) is 7.11 Å². The van der Waals surface area contributed by atoms with Crippen LogP contribution < -0.4 is 4.74 Å². The molecule has 2 aromatic rings. The number of hydrogen-bond donors (Lipinski definition) is 1. The highest BCUT2D eigenvalue weighted by atomic mass is 32.1. The standard InChI is InChI=1S/C17H15F4NO4S/c1-9-13(22-16(27-9)17(20,21)15(18)19)26-7-10-5-3-4-6-11(10)12(8-25-2)14(23)24/h3-6,8,15H,7H2,1-2H3,(H,23,24)/b12-8+. The summed E-state index contributed by atoms with van der Waals surface area (Å²) in [7, 11) is 1.30. The molecular weight excluding hydrogens is 390 g/mol. The van der Waals surface area contributed by atoms with E-state index >= 15 is 0 Å². The lowest BCUT2D eigenvalue weighted by molar-refractivity contribution is -0.135. The van der Waals surface area contributed by atoms with E-state index in [1.165, 1.54) is 20.1 Å². The van der Waals surface area contributed by atoms with Gasteiger partial charge in [0.25, 0.3) is 0 Å². The summed E-state index contributed by atoms with van der Waals surface area (Å²) in [5.74, 6) is -5.81. The maximum atomic E-state index is 13.4. The number of benzene rings is 1. The number of rotatable bonds is 8. The van der Waals surface area contributed by atoms with Gasteiger partial charge in [-0.3, -0.25) is 0 Å². The molecule has 0 aliphatic rings. The molecule has 146 valence electrons. The second-order valence-corrected chi connectivity index (χ2v) is 6.53. The molecule has 0 unspecified atom stereocenters. The molecule has 0 saturated heterocycles. The Balaban J connectivity index is 2.27. The smallest absolute Gasteiger partial charge is 0.358 e. The van der Waals surface area contributed by atoms with E-state index in [1.54, 1.807) is 18.2 Å². The summed E-state index contributed by atoms with van der Waals surface area (Å²) in [5.41, 5.74) is 0.604. The lowest BCUT2D eigenvalue weighted by Gasteiger charge is -2.12. The molecule has 1 aromatic carbocycles. The molecule has 0 bridgehead atoms. The molecule has 1 aromatic heterocycles. The van der Waals surface area contributed by atoms with Gasteiger partial charge >= 0.3 is 18.3 Å². The number of ether oxygens (including phenoxy) is 2. The van der Waals surface area contributed by atoms with Crippen molar-refractivity contribution in [3.8, 4) is 5.88 Å². The number of hydrogen-bond acceptors (Lipinski definition) is 5. The van der Waals surface area contributed by atoms with E-state index in [1.807, 2.05) is 0 Å². The minimum Gasteiger partial charge on any atom is -0.503 e. The van der Waals surface area contributed by atoms with Crippen molar-refractivity contribution in [3.05, 3.63) is 51.5 Å². The minimum absolute atomic E-state index is 0.128.